The topological polar surface area (TPSA) is 55.2 Å². The zero-order valence-corrected chi connectivity index (χ0v) is 18.6. The van der Waals surface area contributed by atoms with Crippen molar-refractivity contribution < 1.29 is 21.6 Å². The molecule has 4 fully saturated rings. The molecule has 0 amide bonds. The lowest BCUT2D eigenvalue weighted by molar-refractivity contribution is -0.141. The number of alkyl halides is 3. The zero-order chi connectivity index (χ0) is 21.7. The van der Waals surface area contributed by atoms with Gasteiger partial charge in [0.25, 0.3) is 0 Å². The van der Waals surface area contributed by atoms with Crippen LogP contribution in [0.5, 0.6) is 0 Å². The fraction of sp³-hybridized carbons (Fsp3) is 0.857. The lowest BCUT2D eigenvalue weighted by atomic mass is 9.79. The van der Waals surface area contributed by atoms with E-state index in [4.69, 9.17) is 0 Å². The van der Waals surface area contributed by atoms with Gasteiger partial charge in [-0.05, 0) is 82.2 Å². The van der Waals surface area contributed by atoms with Gasteiger partial charge in [-0.3, -0.25) is 9.58 Å². The number of likely N-dealkylation sites (tertiary alicyclic amines) is 1. The summed E-state index contributed by atoms with van der Waals surface area (Å²) in [5.41, 5.74) is -0.708. The summed E-state index contributed by atoms with van der Waals surface area (Å²) in [7, 11) is -2.73. The van der Waals surface area contributed by atoms with Gasteiger partial charge in [-0.2, -0.15) is 18.3 Å². The van der Waals surface area contributed by atoms with Crippen LogP contribution in [0.3, 0.4) is 0 Å². The summed E-state index contributed by atoms with van der Waals surface area (Å²) in [6.07, 6.45) is 4.54. The standard InChI is InChI=1S/C14H23NO2S.C7H9F3N2/c16-18(17)5-3-14(10-18)2-1-4-15(9-14)13-7-11-6-12(11)8-13;1-5(2)12-4-3-6(11-12)7(8,9)10/h11-13H,1-10H2;3-5H,1-2H3/t11-,12+,13?,14-;/m0./s1. The molecule has 1 aromatic rings. The number of piperidine rings is 1. The number of nitrogens with zero attached hydrogens (tertiary/aromatic N) is 3. The summed E-state index contributed by atoms with van der Waals surface area (Å²) in [5, 5.41) is 3.37. The van der Waals surface area contributed by atoms with E-state index in [0.29, 0.717) is 11.5 Å². The van der Waals surface area contributed by atoms with E-state index in [1.165, 1.54) is 43.1 Å². The molecule has 0 bridgehead atoms. The monoisotopic (exact) mass is 447 g/mol. The molecule has 3 heterocycles. The van der Waals surface area contributed by atoms with Crippen molar-refractivity contribution in [1.29, 1.82) is 0 Å². The maximum atomic E-state index is 12.0. The Labute approximate surface area is 176 Å². The second-order valence-electron chi connectivity index (χ2n) is 10.1. The first kappa shape index (κ1) is 22.1. The Hall–Kier alpha value is -1.09. The number of fused-ring (bicyclic) bond motifs is 1. The lowest BCUT2D eigenvalue weighted by Crippen LogP contribution is -2.48. The molecule has 30 heavy (non-hydrogen) atoms. The molecule has 2 saturated carbocycles. The quantitative estimate of drug-likeness (QED) is 0.683. The summed E-state index contributed by atoms with van der Waals surface area (Å²) in [6, 6.07) is 1.72. The van der Waals surface area contributed by atoms with E-state index in [1.807, 2.05) is 0 Å². The molecule has 5 rings (SSSR count). The van der Waals surface area contributed by atoms with Crippen molar-refractivity contribution in [3.8, 4) is 0 Å². The summed E-state index contributed by atoms with van der Waals surface area (Å²) in [5.74, 6) is 2.97. The minimum Gasteiger partial charge on any atom is -0.300 e. The zero-order valence-electron chi connectivity index (χ0n) is 17.7. The molecular formula is C21H32F3N3O2S. The molecule has 1 unspecified atom stereocenters. The third kappa shape index (κ3) is 4.87. The average Bonchev–Trinajstić information content (AvgIpc) is 3.05. The number of aromatic nitrogens is 2. The largest absolute Gasteiger partial charge is 0.435 e. The Kier molecular flexibility index (Phi) is 5.75. The molecule has 2 saturated heterocycles. The van der Waals surface area contributed by atoms with Gasteiger partial charge in [0.1, 0.15) is 0 Å². The molecule has 170 valence electrons. The van der Waals surface area contributed by atoms with Crippen LogP contribution in [0.2, 0.25) is 0 Å². The molecule has 9 heteroatoms. The van der Waals surface area contributed by atoms with Crippen molar-refractivity contribution in [2.75, 3.05) is 24.6 Å². The van der Waals surface area contributed by atoms with Gasteiger partial charge in [0.2, 0.25) is 0 Å². The first-order chi connectivity index (χ1) is 14.0. The van der Waals surface area contributed by atoms with E-state index in [2.05, 4.69) is 10.00 Å². The average molecular weight is 448 g/mol. The van der Waals surface area contributed by atoms with Crippen molar-refractivity contribution in [3.05, 3.63) is 18.0 Å². The van der Waals surface area contributed by atoms with E-state index in [1.54, 1.807) is 13.8 Å². The van der Waals surface area contributed by atoms with Crippen LogP contribution in [-0.2, 0) is 16.0 Å². The molecule has 1 spiro atoms. The summed E-state index contributed by atoms with van der Waals surface area (Å²) in [4.78, 5) is 2.65. The number of hydrogen-bond acceptors (Lipinski definition) is 4. The molecule has 0 radical (unpaired) electrons. The van der Waals surface area contributed by atoms with Crippen LogP contribution < -0.4 is 0 Å². The van der Waals surface area contributed by atoms with Crippen molar-refractivity contribution in [3.63, 3.8) is 0 Å². The van der Waals surface area contributed by atoms with Crippen LogP contribution >= 0.6 is 0 Å². The maximum Gasteiger partial charge on any atom is 0.435 e. The van der Waals surface area contributed by atoms with Gasteiger partial charge in [0.15, 0.2) is 15.5 Å². The number of rotatable bonds is 2. The first-order valence-corrected chi connectivity index (χ1v) is 12.9. The molecule has 1 aromatic heterocycles. The third-order valence-corrected chi connectivity index (χ3v) is 9.20. The van der Waals surface area contributed by atoms with Crippen LogP contribution in [0.15, 0.2) is 12.3 Å². The Bertz CT molecular complexity index is 857. The van der Waals surface area contributed by atoms with E-state index in [-0.39, 0.29) is 11.5 Å². The molecule has 0 N–H and O–H groups in total. The van der Waals surface area contributed by atoms with Crippen LogP contribution in [0.25, 0.3) is 0 Å². The Balaban J connectivity index is 0.000000159. The fourth-order valence-electron chi connectivity index (χ4n) is 5.62. The molecule has 5 nitrogen and oxygen atoms in total. The summed E-state index contributed by atoms with van der Waals surface area (Å²) in [6.45, 7) is 5.82. The molecule has 2 aliphatic heterocycles. The molecular weight excluding hydrogens is 415 g/mol. The highest BCUT2D eigenvalue weighted by Gasteiger charge is 2.51. The van der Waals surface area contributed by atoms with Gasteiger partial charge in [0, 0.05) is 24.8 Å². The van der Waals surface area contributed by atoms with E-state index in [0.717, 1.165) is 43.3 Å². The van der Waals surface area contributed by atoms with Gasteiger partial charge in [-0.1, -0.05) is 0 Å². The first-order valence-electron chi connectivity index (χ1n) is 11.0. The molecule has 0 aromatic carbocycles. The normalized spacial score (nSPS) is 35.3. The number of halogens is 3. The second-order valence-corrected chi connectivity index (χ2v) is 12.3. The summed E-state index contributed by atoms with van der Waals surface area (Å²) >= 11 is 0. The van der Waals surface area contributed by atoms with Crippen LogP contribution in [0.4, 0.5) is 13.2 Å². The van der Waals surface area contributed by atoms with E-state index < -0.39 is 21.7 Å². The van der Waals surface area contributed by atoms with Crippen LogP contribution in [-0.4, -0.2) is 53.7 Å². The van der Waals surface area contributed by atoms with Gasteiger partial charge in [-0.15, -0.1) is 0 Å². The highest BCUT2D eigenvalue weighted by molar-refractivity contribution is 7.91. The third-order valence-electron chi connectivity index (χ3n) is 7.32. The van der Waals surface area contributed by atoms with Crippen LogP contribution in [0, 0.1) is 17.3 Å². The number of hydrogen-bond donors (Lipinski definition) is 0. The molecule has 4 atom stereocenters. The second kappa shape index (κ2) is 7.80. The van der Waals surface area contributed by atoms with Gasteiger partial charge < -0.3 is 0 Å². The maximum absolute atomic E-state index is 12.0. The molecule has 4 aliphatic rings. The van der Waals surface area contributed by atoms with Gasteiger partial charge in [-0.25, -0.2) is 8.42 Å². The van der Waals surface area contributed by atoms with Gasteiger partial charge >= 0.3 is 6.18 Å². The summed E-state index contributed by atoms with van der Waals surface area (Å²) < 4.78 is 60.8. The highest BCUT2D eigenvalue weighted by Crippen LogP contribution is 2.54. The van der Waals surface area contributed by atoms with Gasteiger partial charge in [0.05, 0.1) is 11.5 Å². The lowest BCUT2D eigenvalue weighted by Gasteiger charge is -2.43. The highest BCUT2D eigenvalue weighted by atomic mass is 32.2. The Morgan fingerprint density at radius 1 is 1.17 bits per heavy atom. The van der Waals surface area contributed by atoms with E-state index >= 15 is 0 Å². The Morgan fingerprint density at radius 2 is 1.87 bits per heavy atom. The Morgan fingerprint density at radius 3 is 2.37 bits per heavy atom. The SMILES string of the molecule is CC(C)n1ccc(C(F)(F)F)n1.O=S1(=O)CC[C@]2(CCCN(C3C[C@@H]4C[C@@H]4C3)C2)C1. The number of sulfone groups is 1. The van der Waals surface area contributed by atoms with Crippen molar-refractivity contribution in [2.45, 2.75) is 70.6 Å². The van der Waals surface area contributed by atoms with E-state index in [9.17, 15) is 21.6 Å². The molecule has 2 aliphatic carbocycles. The van der Waals surface area contributed by atoms with Crippen molar-refractivity contribution in [2.24, 2.45) is 17.3 Å². The van der Waals surface area contributed by atoms with Crippen molar-refractivity contribution in [1.82, 2.24) is 14.7 Å². The van der Waals surface area contributed by atoms with Crippen LogP contribution in [0.1, 0.15) is 64.1 Å². The predicted octanol–water partition coefficient (Wildman–Crippen LogP) is 4.17. The fourth-order valence-corrected chi connectivity index (χ4v) is 7.82. The minimum atomic E-state index is -4.33. The smallest absolute Gasteiger partial charge is 0.300 e. The van der Waals surface area contributed by atoms with Crippen molar-refractivity contribution >= 4 is 9.84 Å². The predicted molar refractivity (Wildman–Crippen MR) is 109 cm³/mol. The minimum absolute atomic E-state index is 0.0406.